The van der Waals surface area contributed by atoms with Gasteiger partial charge in [0.2, 0.25) is 5.91 Å². The lowest BCUT2D eigenvalue weighted by molar-refractivity contribution is -0.114. The van der Waals surface area contributed by atoms with E-state index in [0.29, 0.717) is 5.69 Å². The van der Waals surface area contributed by atoms with Gasteiger partial charge in [-0.2, -0.15) is 5.26 Å². The number of pyridine rings is 1. The van der Waals surface area contributed by atoms with Crippen molar-refractivity contribution in [1.82, 2.24) is 4.98 Å². The van der Waals surface area contributed by atoms with E-state index in [1.165, 1.54) is 6.92 Å². The molecule has 5 heteroatoms. The van der Waals surface area contributed by atoms with Gasteiger partial charge in [-0.25, -0.2) is 4.98 Å². The Morgan fingerprint density at radius 3 is 2.42 bits per heavy atom. The van der Waals surface area contributed by atoms with Crippen LogP contribution in [0.3, 0.4) is 0 Å². The Balaban J connectivity index is 2.06. The quantitative estimate of drug-likeness (QED) is 0.930. The van der Waals surface area contributed by atoms with Crippen LogP contribution in [0.15, 0.2) is 52.4 Å². The standard InChI is InChI=1S/C14H11N3OS/c1-10(18)17-11-2-5-13(6-3-11)19-14-7-4-12(8-15)16-9-14/h2-7,9H,1H3,(H,17,18). The molecule has 1 N–H and O–H groups in total. The molecule has 0 spiro atoms. The van der Waals surface area contributed by atoms with Crippen LogP contribution in [-0.2, 0) is 4.79 Å². The van der Waals surface area contributed by atoms with Crippen molar-refractivity contribution >= 4 is 23.4 Å². The van der Waals surface area contributed by atoms with Gasteiger partial charge in [-0.1, -0.05) is 11.8 Å². The van der Waals surface area contributed by atoms with Gasteiger partial charge in [0.05, 0.1) is 0 Å². The maximum absolute atomic E-state index is 10.9. The van der Waals surface area contributed by atoms with Crippen LogP contribution in [0.4, 0.5) is 5.69 Å². The summed E-state index contributed by atoms with van der Waals surface area (Å²) < 4.78 is 0. The molecule has 1 aromatic carbocycles. The third-order valence-corrected chi connectivity index (χ3v) is 3.25. The minimum Gasteiger partial charge on any atom is -0.326 e. The van der Waals surface area contributed by atoms with Gasteiger partial charge in [0, 0.05) is 28.6 Å². The highest BCUT2D eigenvalue weighted by molar-refractivity contribution is 7.99. The van der Waals surface area contributed by atoms with Gasteiger partial charge in [-0.3, -0.25) is 4.79 Å². The molecule has 2 aromatic rings. The Hall–Kier alpha value is -2.32. The average Bonchev–Trinajstić information content (AvgIpc) is 2.41. The molecule has 2 rings (SSSR count). The Morgan fingerprint density at radius 1 is 1.21 bits per heavy atom. The minimum atomic E-state index is -0.0864. The second-order valence-electron chi connectivity index (χ2n) is 3.80. The van der Waals surface area contributed by atoms with Crippen molar-refractivity contribution in [1.29, 1.82) is 5.26 Å². The summed E-state index contributed by atoms with van der Waals surface area (Å²) in [5.74, 6) is -0.0864. The number of rotatable bonds is 3. The lowest BCUT2D eigenvalue weighted by Gasteiger charge is -2.04. The number of amides is 1. The van der Waals surface area contributed by atoms with E-state index in [1.807, 2.05) is 36.4 Å². The summed E-state index contributed by atoms with van der Waals surface area (Å²) in [6, 6.07) is 13.1. The molecular formula is C14H11N3OS. The van der Waals surface area contributed by atoms with Crippen molar-refractivity contribution in [3.8, 4) is 6.07 Å². The molecular weight excluding hydrogens is 258 g/mol. The number of anilines is 1. The number of nitrogens with zero attached hydrogens (tertiary/aromatic N) is 2. The van der Waals surface area contributed by atoms with Gasteiger partial charge in [-0.05, 0) is 36.4 Å². The van der Waals surface area contributed by atoms with Crippen molar-refractivity contribution < 1.29 is 4.79 Å². The maximum Gasteiger partial charge on any atom is 0.221 e. The molecule has 0 saturated carbocycles. The first-order chi connectivity index (χ1) is 9.17. The molecule has 4 nitrogen and oxygen atoms in total. The van der Waals surface area contributed by atoms with Crippen LogP contribution in [0.2, 0.25) is 0 Å². The second kappa shape index (κ2) is 6.03. The van der Waals surface area contributed by atoms with Crippen LogP contribution >= 0.6 is 11.8 Å². The molecule has 1 aromatic heterocycles. The number of carbonyl (C=O) groups is 1. The van der Waals surface area contributed by atoms with E-state index in [9.17, 15) is 4.79 Å². The zero-order chi connectivity index (χ0) is 13.7. The SMILES string of the molecule is CC(=O)Nc1ccc(Sc2ccc(C#N)nc2)cc1. The molecule has 0 unspecified atom stereocenters. The summed E-state index contributed by atoms with van der Waals surface area (Å²) in [5.41, 5.74) is 1.18. The van der Waals surface area contributed by atoms with E-state index in [-0.39, 0.29) is 5.91 Å². The van der Waals surface area contributed by atoms with Gasteiger partial charge in [-0.15, -0.1) is 0 Å². The zero-order valence-electron chi connectivity index (χ0n) is 10.3. The van der Waals surface area contributed by atoms with Crippen molar-refractivity contribution in [2.75, 3.05) is 5.32 Å². The molecule has 0 bridgehead atoms. The number of hydrogen-bond donors (Lipinski definition) is 1. The highest BCUT2D eigenvalue weighted by atomic mass is 32.2. The summed E-state index contributed by atoms with van der Waals surface area (Å²) in [6.45, 7) is 1.48. The number of hydrogen-bond acceptors (Lipinski definition) is 4. The van der Waals surface area contributed by atoms with E-state index in [1.54, 1.807) is 24.0 Å². The van der Waals surface area contributed by atoms with Gasteiger partial charge in [0.25, 0.3) is 0 Å². The minimum absolute atomic E-state index is 0.0864. The number of benzene rings is 1. The van der Waals surface area contributed by atoms with Gasteiger partial charge >= 0.3 is 0 Å². The second-order valence-corrected chi connectivity index (χ2v) is 4.95. The third-order valence-electron chi connectivity index (χ3n) is 2.26. The fourth-order valence-corrected chi connectivity index (χ4v) is 2.24. The number of nitrogens with one attached hydrogen (secondary N) is 1. The highest BCUT2D eigenvalue weighted by Crippen LogP contribution is 2.27. The topological polar surface area (TPSA) is 65.8 Å². The van der Waals surface area contributed by atoms with Crippen molar-refractivity contribution in [3.05, 3.63) is 48.3 Å². The van der Waals surface area contributed by atoms with Crippen molar-refractivity contribution in [3.63, 3.8) is 0 Å². The Bertz CT molecular complexity index is 615. The predicted molar refractivity (Wildman–Crippen MR) is 73.8 cm³/mol. The first-order valence-electron chi connectivity index (χ1n) is 5.59. The smallest absolute Gasteiger partial charge is 0.221 e. The molecule has 1 heterocycles. The Labute approximate surface area is 115 Å². The summed E-state index contributed by atoms with van der Waals surface area (Å²) in [6.07, 6.45) is 1.67. The molecule has 0 aliphatic rings. The lowest BCUT2D eigenvalue weighted by Crippen LogP contribution is -2.05. The monoisotopic (exact) mass is 269 g/mol. The fourth-order valence-electron chi connectivity index (χ4n) is 1.45. The predicted octanol–water partition coefficient (Wildman–Crippen LogP) is 3.06. The molecule has 94 valence electrons. The molecule has 0 aliphatic heterocycles. The molecule has 0 fully saturated rings. The Morgan fingerprint density at radius 2 is 1.89 bits per heavy atom. The van der Waals surface area contributed by atoms with Crippen LogP contribution in [0.5, 0.6) is 0 Å². The van der Waals surface area contributed by atoms with E-state index in [2.05, 4.69) is 10.3 Å². The van der Waals surface area contributed by atoms with Crippen molar-refractivity contribution in [2.24, 2.45) is 0 Å². The average molecular weight is 269 g/mol. The van der Waals surface area contributed by atoms with Gasteiger partial charge in [0.1, 0.15) is 11.8 Å². The molecule has 0 saturated heterocycles. The van der Waals surface area contributed by atoms with Crippen LogP contribution in [0.1, 0.15) is 12.6 Å². The van der Waals surface area contributed by atoms with E-state index >= 15 is 0 Å². The van der Waals surface area contributed by atoms with Crippen LogP contribution in [0.25, 0.3) is 0 Å². The summed E-state index contributed by atoms with van der Waals surface area (Å²) in [4.78, 5) is 16.9. The summed E-state index contributed by atoms with van der Waals surface area (Å²) in [5, 5.41) is 11.4. The number of nitriles is 1. The third kappa shape index (κ3) is 3.83. The normalized spacial score (nSPS) is 9.68. The fraction of sp³-hybridized carbons (Fsp3) is 0.0714. The number of aromatic nitrogens is 1. The van der Waals surface area contributed by atoms with Crippen LogP contribution in [-0.4, -0.2) is 10.9 Å². The largest absolute Gasteiger partial charge is 0.326 e. The molecule has 19 heavy (non-hydrogen) atoms. The Kier molecular flexibility index (Phi) is 4.16. The van der Waals surface area contributed by atoms with Crippen LogP contribution in [0, 0.1) is 11.3 Å². The maximum atomic E-state index is 10.9. The lowest BCUT2D eigenvalue weighted by atomic mass is 10.3. The molecule has 1 amide bonds. The van der Waals surface area contributed by atoms with E-state index in [4.69, 9.17) is 5.26 Å². The van der Waals surface area contributed by atoms with E-state index in [0.717, 1.165) is 15.5 Å². The summed E-state index contributed by atoms with van der Waals surface area (Å²) in [7, 11) is 0. The van der Waals surface area contributed by atoms with Crippen LogP contribution < -0.4 is 5.32 Å². The van der Waals surface area contributed by atoms with Crippen molar-refractivity contribution in [2.45, 2.75) is 16.7 Å². The highest BCUT2D eigenvalue weighted by Gasteiger charge is 2.00. The van der Waals surface area contributed by atoms with E-state index < -0.39 is 0 Å². The first kappa shape index (κ1) is 13.1. The first-order valence-corrected chi connectivity index (χ1v) is 6.41. The van der Waals surface area contributed by atoms with Gasteiger partial charge in [0.15, 0.2) is 0 Å². The zero-order valence-corrected chi connectivity index (χ0v) is 11.1. The number of carbonyl (C=O) groups excluding carboxylic acids is 1. The summed E-state index contributed by atoms with van der Waals surface area (Å²) >= 11 is 1.55. The molecule has 0 radical (unpaired) electrons. The molecule has 0 atom stereocenters. The van der Waals surface area contributed by atoms with Gasteiger partial charge < -0.3 is 5.32 Å². The molecule has 0 aliphatic carbocycles.